The molecular weight excluding hydrogens is 236 g/mol. The van der Waals surface area contributed by atoms with Gasteiger partial charge in [-0.15, -0.1) is 0 Å². The largest absolute Gasteiger partial charge is 0.399 e. The molecule has 0 atom stereocenters. The standard InChI is InChI=1S/C16H16N2O/c17-15-8-4-7-13(11-15)9-10-16(19)18-12-14-5-2-1-3-6-14/h1-11H,12,17H2,(H,18,19)/b10-9+. The number of hydrogen-bond acceptors (Lipinski definition) is 2. The predicted molar refractivity (Wildman–Crippen MR) is 78.2 cm³/mol. The smallest absolute Gasteiger partial charge is 0.244 e. The van der Waals surface area contributed by atoms with Gasteiger partial charge >= 0.3 is 0 Å². The quantitative estimate of drug-likeness (QED) is 0.649. The molecule has 0 aliphatic rings. The lowest BCUT2D eigenvalue weighted by atomic mass is 10.2. The molecular formula is C16H16N2O. The van der Waals surface area contributed by atoms with Crippen LogP contribution in [0.3, 0.4) is 0 Å². The molecule has 3 nitrogen and oxygen atoms in total. The molecule has 0 spiro atoms. The third-order valence-corrected chi connectivity index (χ3v) is 2.65. The Kier molecular flexibility index (Phi) is 4.34. The maximum Gasteiger partial charge on any atom is 0.244 e. The van der Waals surface area contributed by atoms with Crippen LogP contribution in [0.2, 0.25) is 0 Å². The zero-order chi connectivity index (χ0) is 13.5. The van der Waals surface area contributed by atoms with Gasteiger partial charge in [0.2, 0.25) is 5.91 Å². The minimum Gasteiger partial charge on any atom is -0.399 e. The van der Waals surface area contributed by atoms with Crippen molar-refractivity contribution >= 4 is 17.7 Å². The van der Waals surface area contributed by atoms with Gasteiger partial charge in [0, 0.05) is 18.3 Å². The van der Waals surface area contributed by atoms with Crippen LogP contribution in [0.1, 0.15) is 11.1 Å². The maximum absolute atomic E-state index is 11.6. The van der Waals surface area contributed by atoms with E-state index >= 15 is 0 Å². The Bertz CT molecular complexity index is 576. The molecule has 2 aromatic carbocycles. The number of benzene rings is 2. The van der Waals surface area contributed by atoms with Gasteiger partial charge in [-0.25, -0.2) is 0 Å². The Morgan fingerprint density at radius 2 is 1.89 bits per heavy atom. The van der Waals surface area contributed by atoms with Gasteiger partial charge in [-0.2, -0.15) is 0 Å². The van der Waals surface area contributed by atoms with Crippen molar-refractivity contribution in [3.05, 3.63) is 71.8 Å². The molecule has 1 amide bonds. The van der Waals surface area contributed by atoms with Gasteiger partial charge in [-0.1, -0.05) is 42.5 Å². The highest BCUT2D eigenvalue weighted by atomic mass is 16.1. The normalized spacial score (nSPS) is 10.5. The summed E-state index contributed by atoms with van der Waals surface area (Å²) in [5.41, 5.74) is 8.34. The summed E-state index contributed by atoms with van der Waals surface area (Å²) < 4.78 is 0. The summed E-state index contributed by atoms with van der Waals surface area (Å²) in [6.45, 7) is 0.529. The Balaban J connectivity index is 1.88. The van der Waals surface area contributed by atoms with E-state index in [2.05, 4.69) is 5.32 Å². The lowest BCUT2D eigenvalue weighted by Gasteiger charge is -2.02. The van der Waals surface area contributed by atoms with E-state index in [9.17, 15) is 4.79 Å². The van der Waals surface area contributed by atoms with E-state index < -0.39 is 0 Å². The molecule has 3 heteroatoms. The van der Waals surface area contributed by atoms with Gasteiger partial charge < -0.3 is 11.1 Å². The van der Waals surface area contributed by atoms with Gasteiger partial charge in [0.1, 0.15) is 0 Å². The second-order valence-corrected chi connectivity index (χ2v) is 4.21. The summed E-state index contributed by atoms with van der Waals surface area (Å²) >= 11 is 0. The number of anilines is 1. The SMILES string of the molecule is Nc1cccc(/C=C/C(=O)NCc2ccccc2)c1. The van der Waals surface area contributed by atoms with Gasteiger partial charge in [-0.3, -0.25) is 4.79 Å². The Hall–Kier alpha value is -2.55. The van der Waals surface area contributed by atoms with Crippen LogP contribution in [0.5, 0.6) is 0 Å². The number of nitrogens with one attached hydrogen (secondary N) is 1. The lowest BCUT2D eigenvalue weighted by Crippen LogP contribution is -2.20. The van der Waals surface area contributed by atoms with Crippen molar-refractivity contribution in [3.63, 3.8) is 0 Å². The fourth-order valence-electron chi connectivity index (χ4n) is 1.68. The molecule has 0 fully saturated rings. The Labute approximate surface area is 112 Å². The molecule has 0 aliphatic heterocycles. The molecule has 0 saturated heterocycles. The Morgan fingerprint density at radius 1 is 1.11 bits per heavy atom. The zero-order valence-corrected chi connectivity index (χ0v) is 10.5. The highest BCUT2D eigenvalue weighted by molar-refractivity contribution is 5.91. The van der Waals surface area contributed by atoms with E-state index in [1.807, 2.05) is 54.6 Å². The van der Waals surface area contributed by atoms with Crippen molar-refractivity contribution in [2.24, 2.45) is 0 Å². The first-order valence-corrected chi connectivity index (χ1v) is 6.09. The van der Waals surface area contributed by atoms with Crippen molar-refractivity contribution in [2.75, 3.05) is 5.73 Å². The number of hydrogen-bond donors (Lipinski definition) is 2. The Morgan fingerprint density at radius 3 is 2.63 bits per heavy atom. The fourth-order valence-corrected chi connectivity index (χ4v) is 1.68. The highest BCUT2D eigenvalue weighted by Gasteiger charge is 1.96. The first-order chi connectivity index (χ1) is 9.24. The average Bonchev–Trinajstić information content (AvgIpc) is 2.44. The van der Waals surface area contributed by atoms with E-state index in [0.717, 1.165) is 11.1 Å². The fraction of sp³-hybridized carbons (Fsp3) is 0.0625. The van der Waals surface area contributed by atoms with Crippen molar-refractivity contribution in [2.45, 2.75) is 6.54 Å². The highest BCUT2D eigenvalue weighted by Crippen LogP contribution is 2.07. The lowest BCUT2D eigenvalue weighted by molar-refractivity contribution is -0.116. The molecule has 0 unspecified atom stereocenters. The van der Waals surface area contributed by atoms with Crippen LogP contribution in [0.25, 0.3) is 6.08 Å². The average molecular weight is 252 g/mol. The second-order valence-electron chi connectivity index (χ2n) is 4.21. The number of carbonyl (C=O) groups is 1. The van der Waals surface area contributed by atoms with E-state index in [1.165, 1.54) is 6.08 Å². The molecule has 0 heterocycles. The van der Waals surface area contributed by atoms with E-state index in [0.29, 0.717) is 12.2 Å². The van der Waals surface area contributed by atoms with Gasteiger partial charge in [0.05, 0.1) is 0 Å². The number of rotatable bonds is 4. The van der Waals surface area contributed by atoms with Gasteiger partial charge in [0.15, 0.2) is 0 Å². The van der Waals surface area contributed by atoms with Crippen LogP contribution in [0, 0.1) is 0 Å². The molecule has 0 aromatic heterocycles. The molecule has 3 N–H and O–H groups in total. The summed E-state index contributed by atoms with van der Waals surface area (Å²) in [5, 5.41) is 2.83. The first kappa shape index (κ1) is 12.9. The molecule has 0 aliphatic carbocycles. The number of carbonyl (C=O) groups excluding carboxylic acids is 1. The third kappa shape index (κ3) is 4.32. The maximum atomic E-state index is 11.6. The molecule has 2 aromatic rings. The molecule has 0 radical (unpaired) electrons. The van der Waals surface area contributed by atoms with Crippen LogP contribution in [0.4, 0.5) is 5.69 Å². The zero-order valence-electron chi connectivity index (χ0n) is 10.5. The number of nitrogens with two attached hydrogens (primary N) is 1. The van der Waals surface area contributed by atoms with Crippen molar-refractivity contribution in [1.29, 1.82) is 0 Å². The monoisotopic (exact) mass is 252 g/mol. The molecule has 2 rings (SSSR count). The van der Waals surface area contributed by atoms with Crippen molar-refractivity contribution in [1.82, 2.24) is 5.32 Å². The van der Waals surface area contributed by atoms with Crippen molar-refractivity contribution in [3.8, 4) is 0 Å². The minimum absolute atomic E-state index is 0.119. The molecule has 19 heavy (non-hydrogen) atoms. The van der Waals surface area contributed by atoms with E-state index in [1.54, 1.807) is 6.08 Å². The summed E-state index contributed by atoms with van der Waals surface area (Å²) in [4.78, 5) is 11.6. The molecule has 96 valence electrons. The van der Waals surface area contributed by atoms with Gasteiger partial charge in [-0.05, 0) is 29.3 Å². The van der Waals surface area contributed by atoms with E-state index in [4.69, 9.17) is 5.73 Å². The summed E-state index contributed by atoms with van der Waals surface area (Å²) in [6.07, 6.45) is 3.26. The van der Waals surface area contributed by atoms with E-state index in [-0.39, 0.29) is 5.91 Å². The number of amides is 1. The predicted octanol–water partition coefficient (Wildman–Crippen LogP) is 2.60. The molecule has 0 saturated carbocycles. The van der Waals surface area contributed by atoms with Crippen molar-refractivity contribution < 1.29 is 4.79 Å². The summed E-state index contributed by atoms with van der Waals surface area (Å²) in [6, 6.07) is 17.2. The van der Waals surface area contributed by atoms with Crippen LogP contribution >= 0.6 is 0 Å². The second kappa shape index (κ2) is 6.40. The van der Waals surface area contributed by atoms with Crippen LogP contribution in [-0.4, -0.2) is 5.91 Å². The third-order valence-electron chi connectivity index (χ3n) is 2.65. The number of nitrogen functional groups attached to an aromatic ring is 1. The van der Waals surface area contributed by atoms with Crippen LogP contribution < -0.4 is 11.1 Å². The topological polar surface area (TPSA) is 55.1 Å². The summed E-state index contributed by atoms with van der Waals surface area (Å²) in [7, 11) is 0. The summed E-state index contributed by atoms with van der Waals surface area (Å²) in [5.74, 6) is -0.119. The molecule has 0 bridgehead atoms. The van der Waals surface area contributed by atoms with Crippen LogP contribution in [-0.2, 0) is 11.3 Å². The first-order valence-electron chi connectivity index (χ1n) is 6.09. The van der Waals surface area contributed by atoms with Crippen LogP contribution in [0.15, 0.2) is 60.7 Å². The van der Waals surface area contributed by atoms with Gasteiger partial charge in [0.25, 0.3) is 0 Å². The minimum atomic E-state index is -0.119.